The summed E-state index contributed by atoms with van der Waals surface area (Å²) in [6, 6.07) is 15.4. The summed E-state index contributed by atoms with van der Waals surface area (Å²) in [5.41, 5.74) is 3.70. The summed E-state index contributed by atoms with van der Waals surface area (Å²) < 4.78 is 4.49. The molecule has 23 heavy (non-hydrogen) atoms. The van der Waals surface area contributed by atoms with Crippen LogP contribution in [0, 0.1) is 0 Å². The first-order valence-corrected chi connectivity index (χ1v) is 7.12. The van der Waals surface area contributed by atoms with Gasteiger partial charge in [0.15, 0.2) is 5.82 Å². The van der Waals surface area contributed by atoms with E-state index in [4.69, 9.17) is 0 Å². The van der Waals surface area contributed by atoms with Crippen LogP contribution in [-0.2, 0) is 6.54 Å². The van der Waals surface area contributed by atoms with Crippen molar-refractivity contribution in [3.05, 3.63) is 64.9 Å². The van der Waals surface area contributed by atoms with Crippen LogP contribution in [0.5, 0.6) is 0 Å². The standard InChI is InChI=1S/C16H13N5O2/c22-16-20-15(21-23-16)10-5-7-11(8-6-10)17-9-14-18-12-3-1-2-4-13(12)19-14/h1-8,17H,9H2,(H,18,19)(H,20,21,22). The average molecular weight is 307 g/mol. The minimum atomic E-state index is -0.563. The molecule has 0 fully saturated rings. The van der Waals surface area contributed by atoms with Crippen LogP contribution in [0.3, 0.4) is 0 Å². The Labute approximate surface area is 130 Å². The lowest BCUT2D eigenvalue weighted by Crippen LogP contribution is -2.01. The highest BCUT2D eigenvalue weighted by atomic mass is 16.5. The SMILES string of the molecule is O=c1[nH]c(-c2ccc(NCc3nc4ccccc4[nH]3)cc2)no1. The van der Waals surface area contributed by atoms with Crippen LogP contribution >= 0.6 is 0 Å². The smallest absolute Gasteiger partial charge is 0.378 e. The van der Waals surface area contributed by atoms with Gasteiger partial charge >= 0.3 is 5.76 Å². The largest absolute Gasteiger partial charge is 0.439 e. The molecule has 0 aliphatic heterocycles. The molecule has 3 N–H and O–H groups in total. The normalized spacial score (nSPS) is 11.0. The molecule has 4 rings (SSSR count). The van der Waals surface area contributed by atoms with Gasteiger partial charge in [-0.1, -0.05) is 17.3 Å². The number of benzene rings is 2. The molecular weight excluding hydrogens is 294 g/mol. The number of nitrogens with zero attached hydrogens (tertiary/aromatic N) is 2. The molecule has 7 heteroatoms. The number of anilines is 1. The summed E-state index contributed by atoms with van der Waals surface area (Å²) in [5.74, 6) is 0.724. The number of H-pyrrole nitrogens is 2. The first-order chi connectivity index (χ1) is 11.3. The molecule has 2 heterocycles. The zero-order valence-corrected chi connectivity index (χ0v) is 12.0. The number of nitrogens with one attached hydrogen (secondary N) is 3. The molecule has 0 radical (unpaired) electrons. The van der Waals surface area contributed by atoms with Crippen LogP contribution in [0.4, 0.5) is 5.69 Å². The predicted octanol–water partition coefficient (Wildman–Crippen LogP) is 2.52. The quantitative estimate of drug-likeness (QED) is 0.538. The van der Waals surface area contributed by atoms with Gasteiger partial charge in [-0.15, -0.1) is 0 Å². The molecule has 2 aromatic carbocycles. The molecule has 0 spiro atoms. The predicted molar refractivity (Wildman–Crippen MR) is 86.0 cm³/mol. The summed E-state index contributed by atoms with van der Waals surface area (Å²) in [5, 5.41) is 6.95. The highest BCUT2D eigenvalue weighted by Crippen LogP contribution is 2.18. The van der Waals surface area contributed by atoms with Gasteiger partial charge in [-0.05, 0) is 36.4 Å². The van der Waals surface area contributed by atoms with Crippen molar-refractivity contribution in [1.29, 1.82) is 0 Å². The van der Waals surface area contributed by atoms with Crippen LogP contribution in [0.15, 0.2) is 57.8 Å². The Balaban J connectivity index is 1.47. The van der Waals surface area contributed by atoms with E-state index in [2.05, 4.69) is 29.9 Å². The second-order valence-corrected chi connectivity index (χ2v) is 5.08. The lowest BCUT2D eigenvalue weighted by Gasteiger charge is -2.04. The molecule has 4 aromatic rings. The average Bonchev–Trinajstić information content (AvgIpc) is 3.19. The van der Waals surface area contributed by atoms with Crippen molar-refractivity contribution in [2.45, 2.75) is 6.54 Å². The minimum absolute atomic E-state index is 0.416. The zero-order chi connectivity index (χ0) is 15.6. The maximum atomic E-state index is 11.0. The van der Waals surface area contributed by atoms with E-state index in [1.165, 1.54) is 0 Å². The highest BCUT2D eigenvalue weighted by molar-refractivity contribution is 5.74. The lowest BCUT2D eigenvalue weighted by atomic mass is 10.2. The maximum absolute atomic E-state index is 11.0. The van der Waals surface area contributed by atoms with Gasteiger partial charge in [0.25, 0.3) is 0 Å². The Hall–Kier alpha value is -3.35. The molecule has 114 valence electrons. The van der Waals surface area contributed by atoms with E-state index in [1.54, 1.807) is 0 Å². The van der Waals surface area contributed by atoms with E-state index in [0.717, 1.165) is 28.1 Å². The van der Waals surface area contributed by atoms with Crippen molar-refractivity contribution in [1.82, 2.24) is 20.1 Å². The second kappa shape index (κ2) is 5.45. The lowest BCUT2D eigenvalue weighted by molar-refractivity contribution is 0.388. The van der Waals surface area contributed by atoms with Crippen molar-refractivity contribution in [2.24, 2.45) is 0 Å². The van der Waals surface area contributed by atoms with Crippen LogP contribution in [0.25, 0.3) is 22.4 Å². The Kier molecular flexibility index (Phi) is 3.16. The molecule has 0 aliphatic carbocycles. The Morgan fingerprint density at radius 3 is 2.61 bits per heavy atom. The zero-order valence-electron chi connectivity index (χ0n) is 12.0. The molecule has 0 saturated carbocycles. The van der Waals surface area contributed by atoms with Crippen molar-refractivity contribution in [2.75, 3.05) is 5.32 Å². The van der Waals surface area contributed by atoms with Crippen molar-refractivity contribution >= 4 is 16.7 Å². The van der Waals surface area contributed by atoms with E-state index >= 15 is 0 Å². The third kappa shape index (κ3) is 2.71. The fourth-order valence-electron chi connectivity index (χ4n) is 2.38. The summed E-state index contributed by atoms with van der Waals surface area (Å²) in [6.07, 6.45) is 0. The van der Waals surface area contributed by atoms with Gasteiger partial charge in [-0.3, -0.25) is 9.51 Å². The number of aromatic amines is 2. The van der Waals surface area contributed by atoms with Crippen LogP contribution in [0.2, 0.25) is 0 Å². The van der Waals surface area contributed by atoms with Crippen LogP contribution in [-0.4, -0.2) is 20.1 Å². The number of hydrogen-bond donors (Lipinski definition) is 3. The van der Waals surface area contributed by atoms with E-state index in [-0.39, 0.29) is 0 Å². The molecule has 2 aromatic heterocycles. The van der Waals surface area contributed by atoms with Gasteiger partial charge in [0, 0.05) is 11.3 Å². The summed E-state index contributed by atoms with van der Waals surface area (Å²) in [6.45, 7) is 0.592. The molecule has 0 bridgehead atoms. The van der Waals surface area contributed by atoms with Crippen molar-refractivity contribution in [3.63, 3.8) is 0 Å². The monoisotopic (exact) mass is 307 g/mol. The molecular formula is C16H13N5O2. The van der Waals surface area contributed by atoms with Gasteiger partial charge in [-0.25, -0.2) is 9.78 Å². The number of hydrogen-bond acceptors (Lipinski definition) is 5. The van der Waals surface area contributed by atoms with Gasteiger partial charge in [0.1, 0.15) is 5.82 Å². The Morgan fingerprint density at radius 1 is 1.04 bits per heavy atom. The van der Waals surface area contributed by atoms with E-state index in [0.29, 0.717) is 12.4 Å². The van der Waals surface area contributed by atoms with Crippen LogP contribution < -0.4 is 11.1 Å². The van der Waals surface area contributed by atoms with Gasteiger partial charge < -0.3 is 10.3 Å². The van der Waals surface area contributed by atoms with E-state index in [9.17, 15) is 4.79 Å². The number of imidazole rings is 1. The fraction of sp³-hybridized carbons (Fsp3) is 0.0625. The molecule has 0 aliphatic rings. The van der Waals surface area contributed by atoms with Crippen molar-refractivity contribution < 1.29 is 4.52 Å². The number of fused-ring (bicyclic) bond motifs is 1. The molecule has 7 nitrogen and oxygen atoms in total. The van der Waals surface area contributed by atoms with Gasteiger partial charge in [-0.2, -0.15) is 0 Å². The van der Waals surface area contributed by atoms with Gasteiger partial charge in [0.05, 0.1) is 17.6 Å². The highest BCUT2D eigenvalue weighted by Gasteiger charge is 2.05. The fourth-order valence-corrected chi connectivity index (χ4v) is 2.38. The Bertz CT molecular complexity index is 964. The molecule has 0 atom stereocenters. The van der Waals surface area contributed by atoms with Crippen LogP contribution in [0.1, 0.15) is 5.82 Å². The first-order valence-electron chi connectivity index (χ1n) is 7.12. The van der Waals surface area contributed by atoms with E-state index < -0.39 is 5.76 Å². The number of para-hydroxylation sites is 2. The first kappa shape index (κ1) is 13.3. The number of rotatable bonds is 4. The Morgan fingerprint density at radius 2 is 1.87 bits per heavy atom. The van der Waals surface area contributed by atoms with Crippen molar-refractivity contribution in [3.8, 4) is 11.4 Å². The summed E-state index contributed by atoms with van der Waals surface area (Å²) in [7, 11) is 0. The summed E-state index contributed by atoms with van der Waals surface area (Å²) in [4.78, 5) is 21.3. The third-order valence-corrected chi connectivity index (χ3v) is 3.50. The number of aromatic nitrogens is 4. The maximum Gasteiger partial charge on any atom is 0.439 e. The third-order valence-electron chi connectivity index (χ3n) is 3.50. The molecule has 0 amide bonds. The molecule has 0 saturated heterocycles. The van der Waals surface area contributed by atoms with Gasteiger partial charge in [0.2, 0.25) is 0 Å². The second-order valence-electron chi connectivity index (χ2n) is 5.08. The topological polar surface area (TPSA) is 99.6 Å². The summed E-state index contributed by atoms with van der Waals surface area (Å²) >= 11 is 0. The minimum Gasteiger partial charge on any atom is -0.378 e. The van der Waals surface area contributed by atoms with E-state index in [1.807, 2.05) is 48.5 Å². The molecule has 0 unspecified atom stereocenters.